The molecule has 6 heteroatoms. The highest BCUT2D eigenvalue weighted by atomic mass is 19.3. The van der Waals surface area contributed by atoms with Gasteiger partial charge in [-0.1, -0.05) is 6.07 Å². The number of ether oxygens (including phenoxy) is 2. The van der Waals surface area contributed by atoms with E-state index in [0.29, 0.717) is 24.0 Å². The van der Waals surface area contributed by atoms with Crippen molar-refractivity contribution in [2.45, 2.75) is 62.0 Å². The van der Waals surface area contributed by atoms with Crippen LogP contribution in [0.3, 0.4) is 0 Å². The van der Waals surface area contributed by atoms with Crippen LogP contribution in [0.1, 0.15) is 43.2 Å². The molecule has 6 rings (SSSR count). The largest absolute Gasteiger partial charge is 0.479 e. The molecule has 1 aromatic carbocycles. The third-order valence-electron chi connectivity index (χ3n) is 7.80. The molecule has 5 aliphatic rings. The lowest BCUT2D eigenvalue weighted by atomic mass is 9.51. The fourth-order valence-corrected chi connectivity index (χ4v) is 6.60. The van der Waals surface area contributed by atoms with E-state index in [9.17, 15) is 5.11 Å². The van der Waals surface area contributed by atoms with E-state index in [2.05, 4.69) is 4.90 Å². The molecule has 2 bridgehead atoms. The van der Waals surface area contributed by atoms with Crippen molar-refractivity contribution in [1.29, 1.82) is 0 Å². The molecule has 146 valence electrons. The van der Waals surface area contributed by atoms with E-state index in [1.165, 1.54) is 12.8 Å². The van der Waals surface area contributed by atoms with Crippen LogP contribution in [0.5, 0.6) is 11.5 Å². The monoisotopic (exact) mass is 377 g/mol. The van der Waals surface area contributed by atoms with Crippen molar-refractivity contribution in [3.05, 3.63) is 23.3 Å². The Morgan fingerprint density at radius 2 is 2.07 bits per heavy atom. The number of aliphatic hydroxyl groups is 1. The summed E-state index contributed by atoms with van der Waals surface area (Å²) in [6.07, 6.45) is 3.61. The topological polar surface area (TPSA) is 41.9 Å². The molecule has 1 saturated heterocycles. The average Bonchev–Trinajstić information content (AvgIpc) is 3.38. The lowest BCUT2D eigenvalue weighted by Gasteiger charge is -2.59. The predicted octanol–water partition coefficient (Wildman–Crippen LogP) is 3.10. The first-order valence-electron chi connectivity index (χ1n) is 10.2. The van der Waals surface area contributed by atoms with E-state index < -0.39 is 24.2 Å². The van der Waals surface area contributed by atoms with E-state index in [-0.39, 0.29) is 12.3 Å². The van der Waals surface area contributed by atoms with Gasteiger partial charge in [-0.15, -0.1) is 0 Å². The van der Waals surface area contributed by atoms with Gasteiger partial charge in [-0.05, 0) is 62.1 Å². The van der Waals surface area contributed by atoms with E-state index in [1.807, 2.05) is 6.07 Å². The lowest BCUT2D eigenvalue weighted by Crippen LogP contribution is -2.68. The van der Waals surface area contributed by atoms with Crippen molar-refractivity contribution in [3.63, 3.8) is 0 Å². The van der Waals surface area contributed by atoms with Gasteiger partial charge in [0.05, 0.1) is 0 Å². The predicted molar refractivity (Wildman–Crippen MR) is 94.3 cm³/mol. The van der Waals surface area contributed by atoms with Crippen LogP contribution >= 0.6 is 0 Å². The Balaban J connectivity index is 1.51. The van der Waals surface area contributed by atoms with Crippen LogP contribution in [0.4, 0.5) is 8.78 Å². The van der Waals surface area contributed by atoms with Crippen LogP contribution < -0.4 is 9.47 Å². The Morgan fingerprint density at radius 1 is 1.22 bits per heavy atom. The van der Waals surface area contributed by atoms with Crippen molar-refractivity contribution in [3.8, 4) is 11.5 Å². The van der Waals surface area contributed by atoms with Crippen molar-refractivity contribution in [2.75, 3.05) is 19.9 Å². The molecule has 1 aromatic rings. The molecule has 2 aliphatic heterocycles. The van der Waals surface area contributed by atoms with Crippen LogP contribution in [0.25, 0.3) is 0 Å². The summed E-state index contributed by atoms with van der Waals surface area (Å²) in [4.78, 5) is 2.59. The summed E-state index contributed by atoms with van der Waals surface area (Å²) in [5.41, 5.74) is 1.49. The molecule has 27 heavy (non-hydrogen) atoms. The van der Waals surface area contributed by atoms with Crippen LogP contribution in [-0.4, -0.2) is 48.0 Å². The third-order valence-corrected chi connectivity index (χ3v) is 7.80. The number of halogens is 2. The van der Waals surface area contributed by atoms with Crippen LogP contribution in [-0.2, 0) is 11.8 Å². The second-order valence-electron chi connectivity index (χ2n) is 9.10. The quantitative estimate of drug-likeness (QED) is 0.819. The summed E-state index contributed by atoms with van der Waals surface area (Å²) < 4.78 is 41.4. The van der Waals surface area contributed by atoms with Gasteiger partial charge in [0.2, 0.25) is 0 Å². The number of benzene rings is 1. The molecule has 4 nitrogen and oxygen atoms in total. The Labute approximate surface area is 157 Å². The van der Waals surface area contributed by atoms with Crippen LogP contribution in [0.15, 0.2) is 12.1 Å². The Kier molecular flexibility index (Phi) is 3.28. The molecule has 1 N–H and O–H groups in total. The number of alkyl halides is 2. The van der Waals surface area contributed by atoms with E-state index in [0.717, 1.165) is 43.0 Å². The van der Waals surface area contributed by atoms with Crippen LogP contribution in [0, 0.1) is 11.8 Å². The first-order chi connectivity index (χ1) is 13.0. The van der Waals surface area contributed by atoms with Gasteiger partial charge in [0.1, 0.15) is 0 Å². The SMILES string of the molecule is OCOc1ccc2c3c1O[C@H]1C(F)(F)CC[C@H]4[C@@H](C2)N(CC2CC2)CC[C@@]341. The number of hydrogen-bond donors (Lipinski definition) is 1. The van der Waals surface area contributed by atoms with Gasteiger partial charge >= 0.3 is 0 Å². The number of likely N-dealkylation sites (tertiary alicyclic amines) is 1. The normalized spacial score (nSPS) is 38.3. The molecule has 0 amide bonds. The van der Waals surface area contributed by atoms with E-state index in [4.69, 9.17) is 9.47 Å². The van der Waals surface area contributed by atoms with Crippen molar-refractivity contribution in [1.82, 2.24) is 4.90 Å². The second-order valence-corrected chi connectivity index (χ2v) is 9.10. The minimum atomic E-state index is -2.83. The van der Waals surface area contributed by atoms with Gasteiger partial charge in [0.15, 0.2) is 24.4 Å². The summed E-state index contributed by atoms with van der Waals surface area (Å²) in [5, 5.41) is 9.21. The Hall–Kier alpha value is -1.40. The molecule has 2 heterocycles. The second kappa shape index (κ2) is 5.35. The number of aliphatic hydroxyl groups excluding tert-OH is 1. The van der Waals surface area contributed by atoms with Gasteiger partial charge in [0.25, 0.3) is 5.92 Å². The fraction of sp³-hybridized carbons (Fsp3) is 0.714. The summed E-state index contributed by atoms with van der Waals surface area (Å²) in [6, 6.07) is 4.12. The summed E-state index contributed by atoms with van der Waals surface area (Å²) in [5.74, 6) is -0.950. The zero-order chi connectivity index (χ0) is 18.4. The molecule has 4 atom stereocenters. The number of nitrogens with zero attached hydrogens (tertiary/aromatic N) is 1. The van der Waals surface area contributed by atoms with E-state index >= 15 is 8.78 Å². The standard InChI is InChI=1S/C21H25F2NO3/c22-21(23)6-5-14-15-9-13-3-4-16(26-11-25)18-17(13)20(14,19(21)27-18)7-8-24(15)10-12-1-2-12/h3-4,12,14-15,19,25H,1-2,5-11H2/t14-,15+,19+,20-/m0/s1. The molecule has 3 aliphatic carbocycles. The Morgan fingerprint density at radius 3 is 2.85 bits per heavy atom. The maximum Gasteiger partial charge on any atom is 0.285 e. The maximum absolute atomic E-state index is 15.0. The van der Waals surface area contributed by atoms with Crippen molar-refractivity contribution < 1.29 is 23.4 Å². The maximum atomic E-state index is 15.0. The molecule has 0 aromatic heterocycles. The molecule has 0 radical (unpaired) electrons. The smallest absolute Gasteiger partial charge is 0.285 e. The van der Waals surface area contributed by atoms with Gasteiger partial charge in [-0.2, -0.15) is 0 Å². The Bertz CT molecular complexity index is 796. The van der Waals surface area contributed by atoms with E-state index in [1.54, 1.807) is 6.07 Å². The number of hydrogen-bond acceptors (Lipinski definition) is 4. The molecular weight excluding hydrogens is 352 g/mol. The third kappa shape index (κ3) is 2.09. The van der Waals surface area contributed by atoms with Gasteiger partial charge in [-0.25, -0.2) is 8.78 Å². The zero-order valence-corrected chi connectivity index (χ0v) is 15.3. The summed E-state index contributed by atoms with van der Waals surface area (Å²) in [6.45, 7) is 1.51. The average molecular weight is 377 g/mol. The molecular formula is C21H25F2NO3. The highest BCUT2D eigenvalue weighted by Crippen LogP contribution is 2.66. The molecule has 3 fully saturated rings. The number of rotatable bonds is 4. The fourth-order valence-electron chi connectivity index (χ4n) is 6.60. The van der Waals surface area contributed by atoms with Crippen molar-refractivity contribution in [2.24, 2.45) is 11.8 Å². The number of piperidine rings is 1. The highest BCUT2D eigenvalue weighted by Gasteiger charge is 2.70. The summed E-state index contributed by atoms with van der Waals surface area (Å²) >= 11 is 0. The van der Waals surface area contributed by atoms with Crippen molar-refractivity contribution >= 4 is 0 Å². The lowest BCUT2D eigenvalue weighted by molar-refractivity contribution is -0.182. The molecule has 0 unspecified atom stereocenters. The minimum absolute atomic E-state index is 0.0998. The summed E-state index contributed by atoms with van der Waals surface area (Å²) in [7, 11) is 0. The molecule has 1 spiro atoms. The first kappa shape index (κ1) is 16.5. The van der Waals surface area contributed by atoms with Gasteiger partial charge in [-0.3, -0.25) is 4.90 Å². The minimum Gasteiger partial charge on any atom is -0.479 e. The highest BCUT2D eigenvalue weighted by molar-refractivity contribution is 5.61. The van der Waals surface area contributed by atoms with Gasteiger partial charge in [0, 0.05) is 30.0 Å². The zero-order valence-electron chi connectivity index (χ0n) is 15.3. The van der Waals surface area contributed by atoms with Crippen LogP contribution in [0.2, 0.25) is 0 Å². The first-order valence-corrected chi connectivity index (χ1v) is 10.2. The van der Waals surface area contributed by atoms with Gasteiger partial charge < -0.3 is 14.6 Å². The molecule has 2 saturated carbocycles.